The number of hydrogen-bond donors (Lipinski definition) is 0. The van der Waals surface area contributed by atoms with Crippen LogP contribution in [0.3, 0.4) is 0 Å². The number of nitriles is 1. The molecule has 1 aromatic heterocycles. The maximum atomic E-state index is 11.2. The van der Waals surface area contributed by atoms with Gasteiger partial charge < -0.3 is 4.90 Å². The quantitative estimate of drug-likeness (QED) is 0.698. The maximum Gasteiger partial charge on any atom is 0.144 e. The minimum absolute atomic E-state index is 0.300. The zero-order chi connectivity index (χ0) is 11.7. The molecule has 0 aliphatic carbocycles. The van der Waals surface area contributed by atoms with E-state index in [0.717, 1.165) is 11.5 Å². The first-order chi connectivity index (χ1) is 7.63. The Morgan fingerprint density at radius 2 is 2.00 bits per heavy atom. The van der Waals surface area contributed by atoms with Crippen LogP contribution < -0.4 is 4.90 Å². The Hall–Kier alpha value is -1.83. The highest BCUT2D eigenvalue weighted by molar-refractivity contribution is 5.81. The summed E-state index contributed by atoms with van der Waals surface area (Å²) in [5.41, 5.74) is 1.37. The first kappa shape index (κ1) is 10.7. The van der Waals surface area contributed by atoms with E-state index in [1.54, 1.807) is 4.68 Å². The van der Waals surface area contributed by atoms with Crippen molar-refractivity contribution in [1.29, 1.82) is 5.26 Å². The van der Waals surface area contributed by atoms with Gasteiger partial charge in [-0.1, -0.05) is 0 Å². The van der Waals surface area contributed by atoms with Crippen molar-refractivity contribution < 1.29 is 4.79 Å². The minimum Gasteiger partial charge on any atom is -0.355 e. The number of nitrogens with zero attached hydrogens (tertiary/aromatic N) is 4. The van der Waals surface area contributed by atoms with Gasteiger partial charge >= 0.3 is 0 Å². The smallest absolute Gasteiger partial charge is 0.144 e. The highest BCUT2D eigenvalue weighted by Gasteiger charge is 2.23. The lowest BCUT2D eigenvalue weighted by molar-refractivity contribution is -0.119. The highest BCUT2D eigenvalue weighted by Crippen LogP contribution is 2.24. The number of carbonyl (C=O) groups is 1. The van der Waals surface area contributed by atoms with Crippen LogP contribution in [0.5, 0.6) is 0 Å². The Balaban J connectivity index is 2.33. The number of hydrogen-bond acceptors (Lipinski definition) is 4. The highest BCUT2D eigenvalue weighted by atomic mass is 16.1. The molecule has 16 heavy (non-hydrogen) atoms. The molecule has 84 valence electrons. The molecule has 0 saturated carbocycles. The van der Waals surface area contributed by atoms with Crippen LogP contribution in [0.1, 0.15) is 24.1 Å². The molecule has 5 heteroatoms. The number of Topliss-reactive ketones (excluding diaryl/α,β-unsaturated/α-hetero) is 1. The van der Waals surface area contributed by atoms with Crippen LogP contribution in [0.2, 0.25) is 0 Å². The molecule has 5 nitrogen and oxygen atoms in total. The first-order valence-electron chi connectivity index (χ1n) is 5.34. The van der Waals surface area contributed by atoms with Crippen LogP contribution in [-0.2, 0) is 11.8 Å². The molecular weight excluding hydrogens is 204 g/mol. The molecule has 0 unspecified atom stereocenters. The second kappa shape index (κ2) is 3.97. The van der Waals surface area contributed by atoms with Crippen molar-refractivity contribution in [1.82, 2.24) is 9.78 Å². The van der Waals surface area contributed by atoms with Crippen LogP contribution in [0.15, 0.2) is 0 Å². The fourth-order valence-corrected chi connectivity index (χ4v) is 2.11. The lowest BCUT2D eigenvalue weighted by Gasteiger charge is -2.27. The van der Waals surface area contributed by atoms with E-state index in [9.17, 15) is 4.79 Å². The molecule has 0 spiro atoms. The van der Waals surface area contributed by atoms with Gasteiger partial charge in [-0.05, 0) is 6.92 Å². The lowest BCUT2D eigenvalue weighted by Crippen LogP contribution is -2.35. The Kier molecular flexibility index (Phi) is 2.65. The molecule has 2 heterocycles. The molecule has 1 aliphatic rings. The van der Waals surface area contributed by atoms with Crippen molar-refractivity contribution in [2.75, 3.05) is 18.0 Å². The molecule has 1 aliphatic heterocycles. The van der Waals surface area contributed by atoms with Crippen LogP contribution in [-0.4, -0.2) is 28.7 Å². The van der Waals surface area contributed by atoms with Gasteiger partial charge in [0.15, 0.2) is 0 Å². The van der Waals surface area contributed by atoms with E-state index in [1.165, 1.54) is 0 Å². The van der Waals surface area contributed by atoms with Gasteiger partial charge in [0, 0.05) is 33.0 Å². The van der Waals surface area contributed by atoms with Gasteiger partial charge in [0.2, 0.25) is 0 Å². The molecular formula is C11H14N4O. The summed E-state index contributed by atoms with van der Waals surface area (Å²) in [5.74, 6) is 1.14. The average Bonchev–Trinajstić information content (AvgIpc) is 2.54. The molecule has 0 atom stereocenters. The third-order valence-electron chi connectivity index (χ3n) is 2.92. The van der Waals surface area contributed by atoms with E-state index in [4.69, 9.17) is 5.26 Å². The third-order valence-corrected chi connectivity index (χ3v) is 2.92. The maximum absolute atomic E-state index is 11.2. The first-order valence-corrected chi connectivity index (χ1v) is 5.34. The van der Waals surface area contributed by atoms with Gasteiger partial charge in [0.25, 0.3) is 0 Å². The second-order valence-electron chi connectivity index (χ2n) is 4.05. The fraction of sp³-hybridized carbons (Fsp3) is 0.545. The Morgan fingerprint density at radius 1 is 1.38 bits per heavy atom. The zero-order valence-corrected chi connectivity index (χ0v) is 9.53. The summed E-state index contributed by atoms with van der Waals surface area (Å²) in [6.07, 6.45) is 1.13. The largest absolute Gasteiger partial charge is 0.355 e. The number of anilines is 1. The molecule has 1 fully saturated rings. The molecule has 1 aromatic rings. The zero-order valence-electron chi connectivity index (χ0n) is 9.53. The van der Waals surface area contributed by atoms with E-state index in [1.807, 2.05) is 14.0 Å². The molecule has 0 amide bonds. The molecule has 0 bridgehead atoms. The van der Waals surface area contributed by atoms with Crippen molar-refractivity contribution in [3.8, 4) is 6.07 Å². The average molecular weight is 218 g/mol. The van der Waals surface area contributed by atoms with Gasteiger partial charge in [-0.2, -0.15) is 10.4 Å². The second-order valence-corrected chi connectivity index (χ2v) is 4.05. The number of aromatic nitrogens is 2. The predicted molar refractivity (Wildman–Crippen MR) is 59.1 cm³/mol. The van der Waals surface area contributed by atoms with Crippen molar-refractivity contribution >= 4 is 11.6 Å². The monoisotopic (exact) mass is 218 g/mol. The fourth-order valence-electron chi connectivity index (χ4n) is 2.11. The normalized spacial score (nSPS) is 16.3. The Labute approximate surface area is 94.3 Å². The van der Waals surface area contributed by atoms with Crippen LogP contribution in [0.25, 0.3) is 0 Å². The van der Waals surface area contributed by atoms with Crippen LogP contribution in [0, 0.1) is 18.3 Å². The summed E-state index contributed by atoms with van der Waals surface area (Å²) < 4.78 is 1.73. The number of piperidine rings is 1. The number of rotatable bonds is 1. The SMILES string of the molecule is Cc1nn(C)c(N2CCC(=O)CC2)c1C#N. The molecule has 0 radical (unpaired) electrons. The van der Waals surface area contributed by atoms with E-state index in [0.29, 0.717) is 37.3 Å². The van der Waals surface area contributed by atoms with E-state index in [2.05, 4.69) is 16.1 Å². The summed E-state index contributed by atoms with van der Waals surface area (Å²) in [5, 5.41) is 13.3. The summed E-state index contributed by atoms with van der Waals surface area (Å²) in [4.78, 5) is 13.2. The number of ketones is 1. The van der Waals surface area contributed by atoms with Crippen molar-refractivity contribution in [3.05, 3.63) is 11.3 Å². The molecule has 0 N–H and O–H groups in total. The summed E-state index contributed by atoms with van der Waals surface area (Å²) in [7, 11) is 1.83. The topological polar surface area (TPSA) is 61.9 Å². The van der Waals surface area contributed by atoms with E-state index < -0.39 is 0 Å². The van der Waals surface area contributed by atoms with Gasteiger partial charge in [0.1, 0.15) is 23.2 Å². The summed E-state index contributed by atoms with van der Waals surface area (Å²) in [6, 6.07) is 2.18. The standard InChI is InChI=1S/C11H14N4O/c1-8-10(7-12)11(14(2)13-8)15-5-3-9(16)4-6-15/h3-6H2,1-2H3. The van der Waals surface area contributed by atoms with E-state index in [-0.39, 0.29) is 0 Å². The molecule has 2 rings (SSSR count). The number of aryl methyl sites for hydroxylation is 2. The lowest BCUT2D eigenvalue weighted by atomic mass is 10.1. The van der Waals surface area contributed by atoms with Gasteiger partial charge in [-0.3, -0.25) is 9.48 Å². The molecule has 0 aromatic carbocycles. The van der Waals surface area contributed by atoms with Crippen LogP contribution in [0.4, 0.5) is 5.82 Å². The van der Waals surface area contributed by atoms with Crippen molar-refractivity contribution in [3.63, 3.8) is 0 Å². The Bertz CT molecular complexity index is 459. The van der Waals surface area contributed by atoms with Gasteiger partial charge in [-0.15, -0.1) is 0 Å². The van der Waals surface area contributed by atoms with Crippen molar-refractivity contribution in [2.45, 2.75) is 19.8 Å². The van der Waals surface area contributed by atoms with Crippen molar-refractivity contribution in [2.24, 2.45) is 7.05 Å². The van der Waals surface area contributed by atoms with Gasteiger partial charge in [0.05, 0.1) is 5.69 Å². The van der Waals surface area contributed by atoms with Crippen LogP contribution >= 0.6 is 0 Å². The summed E-state index contributed by atoms with van der Waals surface area (Å²) >= 11 is 0. The number of carbonyl (C=O) groups excluding carboxylic acids is 1. The predicted octanol–water partition coefficient (Wildman–Crippen LogP) is 0.769. The third kappa shape index (κ3) is 1.67. The Morgan fingerprint density at radius 3 is 2.56 bits per heavy atom. The molecule has 1 saturated heterocycles. The minimum atomic E-state index is 0.300. The van der Waals surface area contributed by atoms with Gasteiger partial charge in [-0.25, -0.2) is 0 Å². The summed E-state index contributed by atoms with van der Waals surface area (Å²) in [6.45, 7) is 3.20. The van der Waals surface area contributed by atoms with E-state index >= 15 is 0 Å².